The van der Waals surface area contributed by atoms with Crippen molar-refractivity contribution >= 4 is 17.5 Å². The minimum Gasteiger partial charge on any atom is -0.391 e. The van der Waals surface area contributed by atoms with E-state index < -0.39 is 6.10 Å². The summed E-state index contributed by atoms with van der Waals surface area (Å²) in [7, 11) is 0. The second-order valence-corrected chi connectivity index (χ2v) is 9.40. The van der Waals surface area contributed by atoms with Crippen LogP contribution in [0.3, 0.4) is 0 Å². The third-order valence-corrected chi connectivity index (χ3v) is 7.17. The topological polar surface area (TPSA) is 69.6 Å². The summed E-state index contributed by atoms with van der Waals surface area (Å²) in [6.07, 6.45) is 6.62. The van der Waals surface area contributed by atoms with Crippen molar-refractivity contribution in [3.05, 3.63) is 71.8 Å². The molecule has 1 spiro atoms. The molecule has 1 N–H and O–H groups in total. The SMILES string of the molecule is O=C(c1ccc2c(c1)N(c1ncc(-c3ccccc3F)cn1)CC21CC1)N1CCCC(O)C1. The number of aromatic nitrogens is 2. The van der Waals surface area contributed by atoms with Gasteiger partial charge in [0.25, 0.3) is 5.91 Å². The standard InChI is InChI=1S/C26H25FN4O2/c27-22-6-2-1-5-20(22)18-13-28-25(29-14-18)31-16-26(9-10-26)21-8-7-17(12-23(21)31)24(33)30-11-3-4-19(32)15-30/h1-2,5-8,12-14,19,32H,3-4,9-11,15-16H2. The lowest BCUT2D eigenvalue weighted by molar-refractivity contribution is 0.0474. The van der Waals surface area contributed by atoms with E-state index in [1.54, 1.807) is 35.5 Å². The van der Waals surface area contributed by atoms with Crippen molar-refractivity contribution in [3.8, 4) is 11.1 Å². The molecule has 3 aliphatic rings. The number of aliphatic hydroxyl groups excluding tert-OH is 1. The number of hydrogen-bond donors (Lipinski definition) is 1. The van der Waals surface area contributed by atoms with Crippen LogP contribution in [0.5, 0.6) is 0 Å². The lowest BCUT2D eigenvalue weighted by Crippen LogP contribution is -2.42. The Morgan fingerprint density at radius 1 is 1.12 bits per heavy atom. The first-order chi connectivity index (χ1) is 16.0. The van der Waals surface area contributed by atoms with Crippen LogP contribution in [0.15, 0.2) is 54.9 Å². The molecule has 6 rings (SSSR count). The highest BCUT2D eigenvalue weighted by atomic mass is 19.1. The summed E-state index contributed by atoms with van der Waals surface area (Å²) >= 11 is 0. The average molecular weight is 445 g/mol. The zero-order valence-electron chi connectivity index (χ0n) is 18.2. The molecular weight excluding hydrogens is 419 g/mol. The third-order valence-electron chi connectivity index (χ3n) is 7.17. The minimum absolute atomic E-state index is 0.0518. The Hall–Kier alpha value is -3.32. The van der Waals surface area contributed by atoms with Crippen LogP contribution in [0.1, 0.15) is 41.6 Å². The number of rotatable bonds is 3. The van der Waals surface area contributed by atoms with Crippen LogP contribution < -0.4 is 4.90 Å². The van der Waals surface area contributed by atoms with Gasteiger partial charge in [-0.25, -0.2) is 14.4 Å². The fourth-order valence-electron chi connectivity index (χ4n) is 5.18. The Morgan fingerprint density at radius 2 is 1.91 bits per heavy atom. The number of anilines is 2. The maximum Gasteiger partial charge on any atom is 0.254 e. The normalized spacial score (nSPS) is 20.7. The summed E-state index contributed by atoms with van der Waals surface area (Å²) in [5, 5.41) is 9.98. The van der Waals surface area contributed by atoms with Gasteiger partial charge in [0, 0.05) is 59.8 Å². The maximum absolute atomic E-state index is 14.2. The molecule has 6 nitrogen and oxygen atoms in total. The quantitative estimate of drug-likeness (QED) is 0.660. The Kier molecular flexibility index (Phi) is 4.69. The third kappa shape index (κ3) is 3.47. The van der Waals surface area contributed by atoms with Gasteiger partial charge in [0.2, 0.25) is 5.95 Å². The monoisotopic (exact) mass is 444 g/mol. The number of aliphatic hydroxyl groups is 1. The lowest BCUT2D eigenvalue weighted by atomic mass is 9.97. The van der Waals surface area contributed by atoms with Gasteiger partial charge >= 0.3 is 0 Å². The molecule has 0 bridgehead atoms. The summed E-state index contributed by atoms with van der Waals surface area (Å²) in [5.41, 5.74) is 4.03. The molecule has 2 aliphatic heterocycles. The molecule has 3 heterocycles. The molecule has 1 amide bonds. The van der Waals surface area contributed by atoms with Crippen molar-refractivity contribution in [1.82, 2.24) is 14.9 Å². The molecule has 7 heteroatoms. The summed E-state index contributed by atoms with van der Waals surface area (Å²) < 4.78 is 14.2. The molecule has 1 unspecified atom stereocenters. The van der Waals surface area contributed by atoms with E-state index in [1.807, 2.05) is 12.1 Å². The Bertz CT molecular complexity index is 1230. The fraction of sp³-hybridized carbons (Fsp3) is 0.346. The minimum atomic E-state index is -0.454. The molecule has 1 saturated heterocycles. The first kappa shape index (κ1) is 20.3. The van der Waals surface area contributed by atoms with Gasteiger partial charge in [-0.1, -0.05) is 24.3 Å². The van der Waals surface area contributed by atoms with Crippen LogP contribution in [0.25, 0.3) is 11.1 Å². The molecule has 1 aromatic heterocycles. The molecule has 0 radical (unpaired) electrons. The van der Waals surface area contributed by atoms with Crippen LogP contribution in [0.4, 0.5) is 16.0 Å². The summed E-state index contributed by atoms with van der Waals surface area (Å²) in [4.78, 5) is 26.1. The molecule has 1 saturated carbocycles. The van der Waals surface area contributed by atoms with E-state index in [4.69, 9.17) is 0 Å². The number of amides is 1. The second kappa shape index (κ2) is 7.63. The zero-order chi connectivity index (χ0) is 22.6. The van der Waals surface area contributed by atoms with Crippen molar-refractivity contribution in [2.75, 3.05) is 24.5 Å². The summed E-state index contributed by atoms with van der Waals surface area (Å²) in [5.74, 6) is 0.200. The van der Waals surface area contributed by atoms with E-state index in [-0.39, 0.29) is 17.1 Å². The van der Waals surface area contributed by atoms with Crippen LogP contribution in [0.2, 0.25) is 0 Å². The van der Waals surface area contributed by atoms with E-state index in [0.717, 1.165) is 37.9 Å². The van der Waals surface area contributed by atoms with Crippen molar-refractivity contribution in [2.45, 2.75) is 37.2 Å². The number of piperidine rings is 1. The molecule has 1 aliphatic carbocycles. The van der Waals surface area contributed by atoms with Crippen molar-refractivity contribution < 1.29 is 14.3 Å². The molecule has 2 fully saturated rings. The molecule has 33 heavy (non-hydrogen) atoms. The Morgan fingerprint density at radius 3 is 2.64 bits per heavy atom. The van der Waals surface area contributed by atoms with E-state index >= 15 is 0 Å². The van der Waals surface area contributed by atoms with Gasteiger partial charge in [-0.05, 0) is 49.4 Å². The highest BCUT2D eigenvalue weighted by molar-refractivity contribution is 5.96. The van der Waals surface area contributed by atoms with Gasteiger partial charge in [0.1, 0.15) is 5.82 Å². The summed E-state index contributed by atoms with van der Waals surface area (Å²) in [6, 6.07) is 12.5. The first-order valence-corrected chi connectivity index (χ1v) is 11.5. The van der Waals surface area contributed by atoms with Crippen LogP contribution in [-0.2, 0) is 5.41 Å². The van der Waals surface area contributed by atoms with E-state index in [2.05, 4.69) is 20.9 Å². The van der Waals surface area contributed by atoms with E-state index in [1.165, 1.54) is 11.6 Å². The van der Waals surface area contributed by atoms with Gasteiger partial charge in [-0.2, -0.15) is 0 Å². The molecule has 2 aromatic carbocycles. The van der Waals surface area contributed by atoms with Gasteiger partial charge in [-0.15, -0.1) is 0 Å². The average Bonchev–Trinajstić information content (AvgIpc) is 3.55. The molecule has 3 aromatic rings. The van der Waals surface area contributed by atoms with Gasteiger partial charge in [0.15, 0.2) is 0 Å². The van der Waals surface area contributed by atoms with E-state index in [9.17, 15) is 14.3 Å². The van der Waals surface area contributed by atoms with Crippen LogP contribution in [0, 0.1) is 5.82 Å². The lowest BCUT2D eigenvalue weighted by Gasteiger charge is -2.30. The number of benzene rings is 2. The number of fused-ring (bicyclic) bond motifs is 2. The molecule has 168 valence electrons. The number of nitrogens with zero attached hydrogens (tertiary/aromatic N) is 4. The maximum atomic E-state index is 14.2. The van der Waals surface area contributed by atoms with Gasteiger partial charge in [0.05, 0.1) is 6.10 Å². The number of β-amino-alcohol motifs (C(OH)–C–C–N with tert-alkyl or cyclic N) is 1. The van der Waals surface area contributed by atoms with Crippen LogP contribution >= 0.6 is 0 Å². The van der Waals surface area contributed by atoms with Crippen molar-refractivity contribution in [3.63, 3.8) is 0 Å². The van der Waals surface area contributed by atoms with Crippen molar-refractivity contribution in [2.24, 2.45) is 0 Å². The molecule has 1 atom stereocenters. The van der Waals surface area contributed by atoms with Crippen molar-refractivity contribution in [1.29, 1.82) is 0 Å². The van der Waals surface area contributed by atoms with E-state index in [0.29, 0.717) is 35.7 Å². The second-order valence-electron chi connectivity index (χ2n) is 9.40. The zero-order valence-corrected chi connectivity index (χ0v) is 18.2. The summed E-state index contributed by atoms with van der Waals surface area (Å²) in [6.45, 7) is 1.83. The number of halogens is 1. The Balaban J connectivity index is 1.32. The predicted molar refractivity (Wildman–Crippen MR) is 123 cm³/mol. The molecular formula is C26H25FN4O2. The Labute approximate surface area is 191 Å². The first-order valence-electron chi connectivity index (χ1n) is 11.5. The predicted octanol–water partition coefficient (Wildman–Crippen LogP) is 4.06. The largest absolute Gasteiger partial charge is 0.391 e. The van der Waals surface area contributed by atoms with Gasteiger partial charge < -0.3 is 14.9 Å². The van der Waals surface area contributed by atoms with Crippen LogP contribution in [-0.4, -0.2) is 51.6 Å². The van der Waals surface area contributed by atoms with Gasteiger partial charge in [-0.3, -0.25) is 4.79 Å². The number of likely N-dealkylation sites (tertiary alicyclic amines) is 1. The smallest absolute Gasteiger partial charge is 0.254 e. The number of hydrogen-bond acceptors (Lipinski definition) is 5. The highest BCUT2D eigenvalue weighted by Crippen LogP contribution is 2.57. The number of carbonyl (C=O) groups excluding carboxylic acids is 1. The number of carbonyl (C=O) groups is 1. The highest BCUT2D eigenvalue weighted by Gasteiger charge is 2.52. The fourth-order valence-corrected chi connectivity index (χ4v) is 5.18.